The summed E-state index contributed by atoms with van der Waals surface area (Å²) in [4.78, 5) is 0. The largest absolute Gasteiger partial charge is 0.417 e. The van der Waals surface area contributed by atoms with Crippen LogP contribution in [0.5, 0.6) is 0 Å². The molecule has 0 fully saturated rings. The summed E-state index contributed by atoms with van der Waals surface area (Å²) >= 11 is 6.37. The monoisotopic (exact) mass is 362 g/mol. The minimum atomic E-state index is -4.30. The first-order chi connectivity index (χ1) is 6.73. The lowest BCUT2D eigenvalue weighted by Gasteiger charge is -2.17. The summed E-state index contributed by atoms with van der Waals surface area (Å²) in [5.74, 6) is 0. The molecule has 1 aromatic carbocycles. The minimum Gasteiger partial charge on any atom is -0.166 e. The molecule has 0 radical (unpaired) electrons. The second-order valence-electron chi connectivity index (χ2n) is 3.21. The van der Waals surface area contributed by atoms with Crippen molar-refractivity contribution in [2.24, 2.45) is 0 Å². The first kappa shape index (κ1) is 13.5. The van der Waals surface area contributed by atoms with Gasteiger partial charge >= 0.3 is 6.18 Å². The highest BCUT2D eigenvalue weighted by Crippen LogP contribution is 2.53. The van der Waals surface area contributed by atoms with E-state index in [9.17, 15) is 13.2 Å². The van der Waals surface area contributed by atoms with Crippen molar-refractivity contribution in [2.75, 3.05) is 0 Å². The Kier molecular flexibility index (Phi) is 4.24. The summed E-state index contributed by atoms with van der Waals surface area (Å²) in [5.41, 5.74) is 0.725. The van der Waals surface area contributed by atoms with Crippen LogP contribution in [0.4, 0.5) is 13.2 Å². The highest BCUT2D eigenvalue weighted by Gasteiger charge is 2.35. The Labute approximate surface area is 103 Å². The molecule has 0 atom stereocenters. The van der Waals surface area contributed by atoms with Gasteiger partial charge in [0.25, 0.3) is 0 Å². The van der Waals surface area contributed by atoms with Crippen molar-refractivity contribution < 1.29 is 13.2 Å². The lowest BCUT2D eigenvalue weighted by molar-refractivity contribution is -0.136. The molecule has 0 bridgehead atoms. The number of hydrogen-bond donors (Lipinski definition) is 0. The fraction of sp³-hybridized carbons (Fsp3) is 0.333. The van der Waals surface area contributed by atoms with Gasteiger partial charge in [0.15, 0.2) is 0 Å². The van der Waals surface area contributed by atoms with Gasteiger partial charge < -0.3 is 0 Å². The van der Waals surface area contributed by atoms with Crippen molar-refractivity contribution in [3.05, 3.63) is 28.8 Å². The van der Waals surface area contributed by atoms with Crippen molar-refractivity contribution in [1.82, 2.24) is 0 Å². The fourth-order valence-electron chi connectivity index (χ4n) is 1.40. The fourth-order valence-corrected chi connectivity index (χ4v) is 4.93. The second-order valence-corrected chi connectivity index (χ2v) is 11.2. The van der Waals surface area contributed by atoms with Crippen LogP contribution in [0.2, 0.25) is 0 Å². The number of hydrogen-bond acceptors (Lipinski definition) is 0. The van der Waals surface area contributed by atoms with Gasteiger partial charge in [-0.25, -0.2) is 0 Å². The van der Waals surface area contributed by atoms with E-state index in [4.69, 9.17) is 0 Å². The number of halogens is 5. The van der Waals surface area contributed by atoms with Crippen LogP contribution in [0, 0.1) is 13.8 Å². The molecule has 0 amide bonds. The van der Waals surface area contributed by atoms with E-state index in [1.54, 1.807) is 19.9 Å². The van der Waals surface area contributed by atoms with Crippen LogP contribution in [0.3, 0.4) is 0 Å². The van der Waals surface area contributed by atoms with E-state index < -0.39 is 17.1 Å². The molecule has 0 N–H and O–H groups in total. The second kappa shape index (κ2) is 4.72. The molecule has 0 nitrogen and oxygen atoms in total. The number of aryl methyl sites for hydroxylation is 2. The maximum absolute atomic E-state index is 12.7. The molecule has 6 heteroatoms. The molecular formula is C9H8Br2F3P. The van der Waals surface area contributed by atoms with Crippen LogP contribution in [0.25, 0.3) is 0 Å². The van der Waals surface area contributed by atoms with Crippen molar-refractivity contribution in [2.45, 2.75) is 20.0 Å². The van der Waals surface area contributed by atoms with Crippen LogP contribution >= 0.6 is 36.3 Å². The molecule has 0 heterocycles. The van der Waals surface area contributed by atoms with Crippen LogP contribution in [0.1, 0.15) is 16.7 Å². The summed E-state index contributed by atoms with van der Waals surface area (Å²) < 4.78 is 38.2. The van der Waals surface area contributed by atoms with E-state index >= 15 is 0 Å². The molecule has 15 heavy (non-hydrogen) atoms. The molecule has 0 saturated carbocycles. The average Bonchev–Trinajstić information content (AvgIpc) is 1.99. The van der Waals surface area contributed by atoms with E-state index in [-0.39, 0.29) is 0 Å². The SMILES string of the molecule is Cc1cc(C)c(P(Br)Br)c(C(F)(F)F)c1. The Morgan fingerprint density at radius 3 is 2.07 bits per heavy atom. The van der Waals surface area contributed by atoms with Crippen molar-refractivity contribution in [1.29, 1.82) is 0 Å². The third-order valence-corrected chi connectivity index (χ3v) is 4.98. The van der Waals surface area contributed by atoms with Crippen LogP contribution < -0.4 is 5.30 Å². The van der Waals surface area contributed by atoms with E-state index in [1.165, 1.54) is 6.07 Å². The Bertz CT molecular complexity index is 374. The third kappa shape index (κ3) is 3.18. The lowest BCUT2D eigenvalue weighted by Crippen LogP contribution is -2.19. The molecule has 0 aliphatic rings. The van der Waals surface area contributed by atoms with Crippen molar-refractivity contribution >= 4 is 41.6 Å². The van der Waals surface area contributed by atoms with Gasteiger partial charge in [-0.3, -0.25) is 0 Å². The molecule has 84 valence electrons. The quantitative estimate of drug-likeness (QED) is 0.612. The smallest absolute Gasteiger partial charge is 0.166 e. The Morgan fingerprint density at radius 2 is 1.67 bits per heavy atom. The zero-order valence-electron chi connectivity index (χ0n) is 7.99. The summed E-state index contributed by atoms with van der Waals surface area (Å²) in [6.45, 7) is 3.35. The summed E-state index contributed by atoms with van der Waals surface area (Å²) in [6, 6.07) is 2.93. The minimum absolute atomic E-state index is 0.308. The Hall–Kier alpha value is 0.400. The van der Waals surface area contributed by atoms with E-state index in [1.807, 2.05) is 0 Å². The van der Waals surface area contributed by atoms with Gasteiger partial charge in [0.1, 0.15) is 0 Å². The molecule has 0 saturated heterocycles. The summed E-state index contributed by atoms with van der Waals surface area (Å²) in [6.07, 6.45) is -4.30. The third-order valence-electron chi connectivity index (χ3n) is 1.92. The normalized spacial score (nSPS) is 12.3. The zero-order chi connectivity index (χ0) is 11.8. The maximum atomic E-state index is 12.7. The number of benzene rings is 1. The number of alkyl halides is 3. The average molecular weight is 364 g/mol. The Balaban J connectivity index is 3.47. The molecular weight excluding hydrogens is 356 g/mol. The van der Waals surface area contributed by atoms with Gasteiger partial charge in [-0.05, 0) is 56.5 Å². The van der Waals surface area contributed by atoms with Crippen molar-refractivity contribution in [3.8, 4) is 0 Å². The molecule has 0 aromatic heterocycles. The first-order valence-corrected chi connectivity index (χ1v) is 9.41. The molecule has 1 aromatic rings. The molecule has 0 aliphatic carbocycles. The van der Waals surface area contributed by atoms with Crippen molar-refractivity contribution in [3.63, 3.8) is 0 Å². The Morgan fingerprint density at radius 1 is 1.13 bits per heavy atom. The predicted molar refractivity (Wildman–Crippen MR) is 65.3 cm³/mol. The van der Waals surface area contributed by atoms with Gasteiger partial charge in [0, 0.05) is 5.30 Å². The standard InChI is InChI=1S/C9H8Br2F3P/c1-5-3-6(2)8(15(10)11)7(4-5)9(12,13)14/h3-4H,1-2H3. The molecule has 1 rings (SSSR count). The van der Waals surface area contributed by atoms with Gasteiger partial charge in [-0.15, -0.1) is 0 Å². The molecule has 0 aliphatic heterocycles. The zero-order valence-corrected chi connectivity index (χ0v) is 12.1. The lowest BCUT2D eigenvalue weighted by atomic mass is 10.1. The van der Waals surface area contributed by atoms with Gasteiger partial charge in [-0.1, -0.05) is 11.6 Å². The topological polar surface area (TPSA) is 0 Å². The van der Waals surface area contributed by atoms with E-state index in [0.29, 0.717) is 16.4 Å². The summed E-state index contributed by atoms with van der Waals surface area (Å²) in [5, 5.41) is -0.800. The number of rotatable bonds is 1. The highest BCUT2D eigenvalue weighted by atomic mass is 79.9. The summed E-state index contributed by atoms with van der Waals surface area (Å²) in [7, 11) is 0. The van der Waals surface area contributed by atoms with E-state index in [0.717, 1.165) is 0 Å². The maximum Gasteiger partial charge on any atom is 0.417 e. The first-order valence-electron chi connectivity index (χ1n) is 4.03. The van der Waals surface area contributed by atoms with Gasteiger partial charge in [-0.2, -0.15) is 13.2 Å². The predicted octanol–water partition coefficient (Wildman–Crippen LogP) is 5.05. The van der Waals surface area contributed by atoms with Gasteiger partial charge in [0.2, 0.25) is 0 Å². The van der Waals surface area contributed by atoms with Gasteiger partial charge in [0.05, 0.1) is 10.9 Å². The van der Waals surface area contributed by atoms with E-state index in [2.05, 4.69) is 31.0 Å². The van der Waals surface area contributed by atoms with Crippen LogP contribution in [-0.2, 0) is 6.18 Å². The molecule has 0 spiro atoms. The highest BCUT2D eigenvalue weighted by molar-refractivity contribution is 9.70. The molecule has 0 unspecified atom stereocenters. The van der Waals surface area contributed by atoms with Crippen LogP contribution in [0.15, 0.2) is 12.1 Å². The van der Waals surface area contributed by atoms with Crippen LogP contribution in [-0.4, -0.2) is 0 Å².